The summed E-state index contributed by atoms with van der Waals surface area (Å²) in [7, 11) is -1.32. The van der Waals surface area contributed by atoms with Gasteiger partial charge in [-0.2, -0.15) is 4.31 Å². The van der Waals surface area contributed by atoms with Crippen molar-refractivity contribution in [3.63, 3.8) is 0 Å². The second-order valence-electron chi connectivity index (χ2n) is 9.44. The van der Waals surface area contributed by atoms with E-state index in [1.54, 1.807) is 16.4 Å². The summed E-state index contributed by atoms with van der Waals surface area (Å²) in [5.41, 5.74) is 2.44. The highest BCUT2D eigenvalue weighted by atomic mass is 32.2. The van der Waals surface area contributed by atoms with E-state index in [4.69, 9.17) is 0 Å². The summed E-state index contributed by atoms with van der Waals surface area (Å²) in [5.74, 6) is 1.51. The van der Waals surface area contributed by atoms with Crippen LogP contribution in [0.1, 0.15) is 56.6 Å². The molecule has 0 radical (unpaired) electrons. The van der Waals surface area contributed by atoms with E-state index in [0.29, 0.717) is 23.9 Å². The molecule has 0 amide bonds. The van der Waals surface area contributed by atoms with Gasteiger partial charge in [0.1, 0.15) is 5.82 Å². The van der Waals surface area contributed by atoms with Crippen molar-refractivity contribution >= 4 is 10.0 Å². The van der Waals surface area contributed by atoms with Crippen molar-refractivity contribution in [1.29, 1.82) is 0 Å². The summed E-state index contributed by atoms with van der Waals surface area (Å²) in [4.78, 5) is 7.30. The topological polar surface area (TPSA) is 58.4 Å². The molecule has 0 spiro atoms. The van der Waals surface area contributed by atoms with Gasteiger partial charge in [0.15, 0.2) is 0 Å². The fourth-order valence-corrected chi connectivity index (χ4v) is 5.87. The minimum atomic E-state index is -3.44. The number of rotatable bonds is 3. The minimum absolute atomic E-state index is 0.0137. The number of aromatic nitrogens is 2. The maximum absolute atomic E-state index is 13.1. The summed E-state index contributed by atoms with van der Waals surface area (Å²) >= 11 is 0. The molecule has 0 unspecified atom stereocenters. The van der Waals surface area contributed by atoms with Gasteiger partial charge in [-0.3, -0.25) is 4.90 Å². The molecule has 4 rings (SSSR count). The molecule has 1 aromatic carbocycles. The molecule has 1 saturated heterocycles. The largest absolute Gasteiger partial charge is 0.329 e. The number of piperidine rings is 1. The van der Waals surface area contributed by atoms with Gasteiger partial charge in [-0.1, -0.05) is 32.9 Å². The number of hydrogen-bond donors (Lipinski definition) is 0. The molecule has 0 aliphatic carbocycles. The molecule has 158 valence electrons. The van der Waals surface area contributed by atoms with Gasteiger partial charge >= 0.3 is 0 Å². The van der Waals surface area contributed by atoms with Gasteiger partial charge in [0, 0.05) is 44.0 Å². The second kappa shape index (κ2) is 7.52. The van der Waals surface area contributed by atoms with Crippen LogP contribution in [0.5, 0.6) is 0 Å². The van der Waals surface area contributed by atoms with Gasteiger partial charge in [-0.25, -0.2) is 13.4 Å². The molecular weight excluding hydrogens is 384 g/mol. The van der Waals surface area contributed by atoms with Crippen molar-refractivity contribution in [1.82, 2.24) is 18.8 Å². The summed E-state index contributed by atoms with van der Waals surface area (Å²) < 4.78 is 30.2. The predicted octanol–water partition coefficient (Wildman–Crippen LogP) is 3.19. The van der Waals surface area contributed by atoms with E-state index in [9.17, 15) is 8.42 Å². The van der Waals surface area contributed by atoms with Gasteiger partial charge in [0.25, 0.3) is 0 Å². The normalized spacial score (nSPS) is 20.0. The number of likely N-dealkylation sites (N-methyl/N-ethyl adjacent to an activating group) is 1. The molecule has 7 heteroatoms. The third kappa shape index (κ3) is 4.00. The lowest BCUT2D eigenvalue weighted by Crippen LogP contribution is -2.38. The number of benzene rings is 1. The van der Waals surface area contributed by atoms with Crippen LogP contribution in [0.15, 0.2) is 35.4 Å². The Bertz CT molecular complexity index is 965. The Hall–Kier alpha value is -1.70. The first kappa shape index (κ1) is 20.6. The minimum Gasteiger partial charge on any atom is -0.329 e. The maximum atomic E-state index is 13.1. The highest BCUT2D eigenvalue weighted by Gasteiger charge is 2.32. The molecule has 0 bridgehead atoms. The van der Waals surface area contributed by atoms with E-state index in [1.807, 2.05) is 18.3 Å². The van der Waals surface area contributed by atoms with Crippen molar-refractivity contribution in [3.8, 4) is 0 Å². The lowest BCUT2D eigenvalue weighted by molar-refractivity contribution is 0.255. The Kier molecular flexibility index (Phi) is 5.34. The quantitative estimate of drug-likeness (QED) is 0.771. The molecule has 0 N–H and O–H groups in total. The van der Waals surface area contributed by atoms with E-state index in [1.165, 1.54) is 5.69 Å². The first-order valence-electron chi connectivity index (χ1n) is 10.5. The number of hydrogen-bond acceptors (Lipinski definition) is 4. The fraction of sp³-hybridized carbons (Fsp3) is 0.591. The molecule has 1 aromatic heterocycles. The van der Waals surface area contributed by atoms with Gasteiger partial charge in [0.2, 0.25) is 10.0 Å². The van der Waals surface area contributed by atoms with Gasteiger partial charge in [-0.05, 0) is 43.0 Å². The van der Waals surface area contributed by atoms with Crippen molar-refractivity contribution in [2.75, 3.05) is 26.7 Å². The lowest BCUT2D eigenvalue weighted by Gasteiger charge is -2.33. The number of sulfonamides is 1. The fourth-order valence-electron chi connectivity index (χ4n) is 4.40. The summed E-state index contributed by atoms with van der Waals surface area (Å²) in [5, 5.41) is 0. The molecule has 2 aliphatic heterocycles. The van der Waals surface area contributed by atoms with Gasteiger partial charge in [-0.15, -0.1) is 0 Å². The van der Waals surface area contributed by atoms with Crippen LogP contribution in [-0.4, -0.2) is 53.9 Å². The average Bonchev–Trinajstić information content (AvgIpc) is 3.10. The highest BCUT2D eigenvalue weighted by Crippen LogP contribution is 2.32. The van der Waals surface area contributed by atoms with Crippen LogP contribution in [-0.2, 0) is 28.5 Å². The van der Waals surface area contributed by atoms with Gasteiger partial charge in [0.05, 0.1) is 11.4 Å². The predicted molar refractivity (Wildman–Crippen MR) is 114 cm³/mol. The van der Waals surface area contributed by atoms with E-state index < -0.39 is 10.0 Å². The number of nitrogens with zero attached hydrogens (tertiary/aromatic N) is 4. The number of fused-ring (bicyclic) bond motifs is 1. The SMILES string of the molecule is CN1CCn2c(C3CCN(S(=O)(=O)c4ccc(C(C)(C)C)cc4)CC3)cnc2C1. The van der Waals surface area contributed by atoms with Crippen LogP contribution in [0.2, 0.25) is 0 Å². The van der Waals surface area contributed by atoms with E-state index in [-0.39, 0.29) is 5.41 Å². The Morgan fingerprint density at radius 2 is 1.66 bits per heavy atom. The second-order valence-corrected chi connectivity index (χ2v) is 11.4. The molecule has 2 aliphatic rings. The van der Waals surface area contributed by atoms with Crippen LogP contribution < -0.4 is 0 Å². The third-order valence-corrected chi connectivity index (χ3v) is 8.23. The van der Waals surface area contributed by atoms with Gasteiger partial charge < -0.3 is 4.57 Å². The first-order valence-corrected chi connectivity index (χ1v) is 11.9. The smallest absolute Gasteiger partial charge is 0.243 e. The third-order valence-electron chi connectivity index (χ3n) is 6.32. The van der Waals surface area contributed by atoms with E-state index >= 15 is 0 Å². The first-order chi connectivity index (χ1) is 13.7. The summed E-state index contributed by atoms with van der Waals surface area (Å²) in [6, 6.07) is 7.39. The highest BCUT2D eigenvalue weighted by molar-refractivity contribution is 7.89. The average molecular weight is 417 g/mol. The molecule has 3 heterocycles. The molecule has 6 nitrogen and oxygen atoms in total. The summed E-state index contributed by atoms with van der Waals surface area (Å²) in [6.07, 6.45) is 3.70. The Labute approximate surface area is 174 Å². The molecule has 29 heavy (non-hydrogen) atoms. The van der Waals surface area contributed by atoms with Crippen molar-refractivity contribution in [2.24, 2.45) is 0 Å². The molecule has 1 fully saturated rings. The zero-order valence-corrected chi connectivity index (χ0v) is 18.7. The van der Waals surface area contributed by atoms with Crippen LogP contribution in [0.4, 0.5) is 0 Å². The molecule has 2 aromatic rings. The zero-order valence-electron chi connectivity index (χ0n) is 17.9. The van der Waals surface area contributed by atoms with Crippen LogP contribution in [0.3, 0.4) is 0 Å². The molecular formula is C22H32N4O2S. The Morgan fingerprint density at radius 3 is 2.28 bits per heavy atom. The lowest BCUT2D eigenvalue weighted by atomic mass is 9.87. The zero-order chi connectivity index (χ0) is 20.8. The van der Waals surface area contributed by atoms with Crippen molar-refractivity contribution < 1.29 is 8.42 Å². The van der Waals surface area contributed by atoms with Crippen LogP contribution in [0.25, 0.3) is 0 Å². The van der Waals surface area contributed by atoms with Crippen molar-refractivity contribution in [3.05, 3.63) is 47.5 Å². The Balaban J connectivity index is 1.45. The van der Waals surface area contributed by atoms with E-state index in [0.717, 1.165) is 43.9 Å². The van der Waals surface area contributed by atoms with E-state index in [2.05, 4.69) is 42.3 Å². The van der Waals surface area contributed by atoms with Crippen LogP contribution in [0, 0.1) is 0 Å². The number of imidazole rings is 1. The summed E-state index contributed by atoms with van der Waals surface area (Å²) in [6.45, 7) is 10.4. The Morgan fingerprint density at radius 1 is 1.00 bits per heavy atom. The molecule has 0 saturated carbocycles. The monoisotopic (exact) mass is 416 g/mol. The standard InChI is InChI=1S/C22H32N4O2S/c1-22(2,3)18-5-7-19(8-6-18)29(27,28)25-11-9-17(10-12-25)20-15-23-21-16-24(4)13-14-26(20)21/h5-8,15,17H,9-14,16H2,1-4H3. The van der Waals surface area contributed by atoms with Crippen molar-refractivity contribution in [2.45, 2.75) is 62.9 Å². The maximum Gasteiger partial charge on any atom is 0.243 e. The molecule has 0 atom stereocenters. The van der Waals surface area contributed by atoms with Crippen LogP contribution >= 0.6 is 0 Å².